The number of phenols is 1. The molecular formula is C88H89N23O7. The summed E-state index contributed by atoms with van der Waals surface area (Å²) in [6.45, 7) is 15.7. The van der Waals surface area contributed by atoms with E-state index >= 15 is 0 Å². The molecule has 30 nitrogen and oxygen atoms in total. The number of Topliss-reactive ketones (excluding diaryl/α,β-unsaturated/α-hetero) is 1. The quantitative estimate of drug-likeness (QED) is 0.0809. The second kappa shape index (κ2) is 34.1. The van der Waals surface area contributed by atoms with Crippen molar-refractivity contribution in [3.05, 3.63) is 201 Å². The van der Waals surface area contributed by atoms with Crippen LogP contribution in [0.4, 0.5) is 23.8 Å². The first-order valence-electron chi connectivity index (χ1n) is 40.5. The van der Waals surface area contributed by atoms with Gasteiger partial charge in [-0.3, -0.25) is 13.9 Å². The third-order valence-electron chi connectivity index (χ3n) is 22.0. The van der Waals surface area contributed by atoms with Gasteiger partial charge >= 0.3 is 0 Å². The maximum atomic E-state index is 11.6. The fourth-order valence-corrected chi connectivity index (χ4v) is 15.7. The normalized spacial score (nSPS) is 16.6. The van der Waals surface area contributed by atoms with Gasteiger partial charge in [-0.2, -0.15) is 19.9 Å². The number of phenolic OH excluding ortho intramolecular Hbond substituents is 1. The highest BCUT2D eigenvalue weighted by Gasteiger charge is 2.29. The second-order valence-electron chi connectivity index (χ2n) is 30.2. The molecule has 16 aromatic rings. The molecule has 1 unspecified atom stereocenters. The van der Waals surface area contributed by atoms with Crippen LogP contribution in [0.15, 0.2) is 189 Å². The number of ether oxygens (including phenoxy) is 5. The minimum atomic E-state index is -0.0526. The monoisotopic (exact) mass is 1580 g/mol. The number of aromatic nitrogens is 19. The first-order chi connectivity index (χ1) is 58.2. The largest absolute Gasteiger partial charge is 0.508 e. The van der Waals surface area contributed by atoms with Gasteiger partial charge in [0.2, 0.25) is 23.8 Å². The van der Waals surface area contributed by atoms with E-state index in [1.165, 1.54) is 18.4 Å². The average molecular weight is 1580 g/mol. The summed E-state index contributed by atoms with van der Waals surface area (Å²) in [5.74, 6) is 3.90. The van der Waals surface area contributed by atoms with E-state index in [1.54, 1.807) is 38.0 Å². The van der Waals surface area contributed by atoms with Crippen molar-refractivity contribution in [3.8, 4) is 56.5 Å². The summed E-state index contributed by atoms with van der Waals surface area (Å²) in [5, 5.41) is 11.1. The summed E-state index contributed by atoms with van der Waals surface area (Å²) in [7, 11) is 0. The summed E-state index contributed by atoms with van der Waals surface area (Å²) in [6, 6.07) is 50.1. The molecule has 598 valence electrons. The van der Waals surface area contributed by atoms with Gasteiger partial charge < -0.3 is 67.5 Å². The Morgan fingerprint density at radius 3 is 1.56 bits per heavy atom. The summed E-state index contributed by atoms with van der Waals surface area (Å²) < 4.78 is 36.3. The maximum Gasteiger partial charge on any atom is 0.228 e. The molecule has 0 spiro atoms. The number of carbonyl (C=O) groups excluding carboxylic acids is 1. The number of imidazole rings is 5. The highest BCUT2D eigenvalue weighted by molar-refractivity contribution is 5.95. The van der Waals surface area contributed by atoms with Crippen molar-refractivity contribution in [2.45, 2.75) is 64.8 Å². The lowest BCUT2D eigenvalue weighted by Crippen LogP contribution is -2.37. The van der Waals surface area contributed by atoms with E-state index in [0.29, 0.717) is 77.7 Å². The predicted molar refractivity (Wildman–Crippen MR) is 451 cm³/mol. The molecule has 6 fully saturated rings. The lowest BCUT2D eigenvalue weighted by atomic mass is 10.0. The third-order valence-corrected chi connectivity index (χ3v) is 22.0. The lowest BCUT2D eigenvalue weighted by Gasteiger charge is -2.28. The number of anilines is 4. The molecular weight excluding hydrogens is 1490 g/mol. The summed E-state index contributed by atoms with van der Waals surface area (Å²) in [6.07, 6.45) is 17.2. The molecule has 5 aliphatic heterocycles. The van der Waals surface area contributed by atoms with Crippen LogP contribution >= 0.6 is 0 Å². The van der Waals surface area contributed by atoms with Gasteiger partial charge in [-0.15, -0.1) is 0 Å². The number of ketones is 1. The first-order valence-corrected chi connectivity index (χ1v) is 40.5. The number of hydrogen-bond donors (Lipinski definition) is 3. The van der Waals surface area contributed by atoms with Crippen LogP contribution < -0.4 is 19.6 Å². The fourth-order valence-electron chi connectivity index (χ4n) is 15.7. The molecule has 15 heterocycles. The predicted octanol–water partition coefficient (Wildman–Crippen LogP) is 12.7. The molecule has 0 radical (unpaired) electrons. The Labute approximate surface area is 678 Å². The Morgan fingerprint density at radius 1 is 0.441 bits per heavy atom. The number of para-hydroxylation sites is 1. The molecule has 22 rings (SSSR count). The summed E-state index contributed by atoms with van der Waals surface area (Å²) in [5.41, 5.74) is 19.7. The van der Waals surface area contributed by atoms with Crippen LogP contribution in [0, 0.1) is 5.92 Å². The van der Waals surface area contributed by atoms with Gasteiger partial charge in [-0.05, 0) is 117 Å². The zero-order valence-electron chi connectivity index (χ0n) is 65.5. The highest BCUT2D eigenvalue weighted by Crippen LogP contribution is 2.38. The Kier molecular flexibility index (Phi) is 21.7. The van der Waals surface area contributed by atoms with Crippen LogP contribution in [-0.2, 0) is 48.0 Å². The van der Waals surface area contributed by atoms with Crippen LogP contribution in [0.2, 0.25) is 0 Å². The van der Waals surface area contributed by atoms with Crippen LogP contribution in [0.25, 0.3) is 117 Å². The number of aromatic amines is 2. The number of nitrogens with zero attached hydrogens (tertiary/aromatic N) is 21. The molecule has 118 heavy (non-hydrogen) atoms. The van der Waals surface area contributed by atoms with Gasteiger partial charge in [0.25, 0.3) is 0 Å². The van der Waals surface area contributed by atoms with Crippen molar-refractivity contribution in [2.24, 2.45) is 5.92 Å². The molecule has 10 aromatic heterocycles. The number of carbonyl (C=O) groups is 1. The SMILES string of the molecule is CC(=O)Cc1cccc(-c2nc(N3CCOCC3)nc3c2ncn3-c2ccccc2)c1.Oc1cccc(-c2nc(N3CCOCC3)nc3c2ncn3C2CCCCO2)c1.c1ccc(Cn2cnc3c(-c4ccc5[nH]ccc5c4)nc(N4CCOCC4)nc32)cc1.c1nc2ccc(-c3nc(N4CCOCC4)nc4c3ncn4CC3CC3)cc2[nH]1. The Balaban J connectivity index is 0.000000105. The number of H-pyrrole nitrogens is 2. The number of hydrogen-bond acceptors (Lipinski definition) is 24. The standard InChI is InChI=1S/C24H22N6O.C24H23N5O2.C20H21N7O.C20H23N5O3/c1-2-4-17(5-3-1)15-30-16-26-22-21(19-6-7-20-18(14-19)8-9-25-20)27-24(28-23(22)30)29-10-12-31-13-11-29;1-17(30)14-18-6-5-7-19(15-18)21-22-23(27-24(26-21)28-10-12-31-13-11-28)29(16-25-22)20-8-3-2-4-9-20;1-2-13(1)10-27-12-23-18-17(14-3-4-15-16(9-14)22-11-21-15)24-20(25-19(18)27)26-5-7-28-8-6-26;26-15-5-3-4-14(12-15)17-18-19(23-20(22-17)24-7-10-27-11-8-24)25(13-21-18)16-6-1-2-9-28-16/h1-9,14,16,25H,10-13,15H2;2-9,15-16H,10-14H2,1H3;3-4,9,11-13H,1-2,5-8,10H2,(H,21,22);3-5,12-13,16,26H,1-2,6-11H2. The van der Waals surface area contributed by atoms with Gasteiger partial charge in [0, 0.05) is 117 Å². The van der Waals surface area contributed by atoms with Crippen molar-refractivity contribution in [2.75, 3.05) is 131 Å². The minimum Gasteiger partial charge on any atom is -0.508 e. The molecule has 30 heteroatoms. The molecule has 6 aromatic carbocycles. The Bertz CT molecular complexity index is 6210. The topological polar surface area (TPSA) is 315 Å². The Hall–Kier alpha value is -13.0. The van der Waals surface area contributed by atoms with Gasteiger partial charge in [0.15, 0.2) is 22.6 Å². The van der Waals surface area contributed by atoms with Gasteiger partial charge in [0.05, 0.1) is 95.7 Å². The molecule has 5 saturated heterocycles. The van der Waals surface area contributed by atoms with Gasteiger partial charge in [-0.25, -0.2) is 44.9 Å². The van der Waals surface area contributed by atoms with E-state index in [0.717, 1.165) is 225 Å². The van der Waals surface area contributed by atoms with E-state index in [4.69, 9.17) is 73.5 Å². The molecule has 0 amide bonds. The zero-order chi connectivity index (χ0) is 79.3. The molecule has 0 bridgehead atoms. The molecule has 3 N–H and O–H groups in total. The van der Waals surface area contributed by atoms with Crippen LogP contribution in [0.5, 0.6) is 5.75 Å². The number of rotatable bonds is 16. The molecule has 1 aliphatic carbocycles. The van der Waals surface area contributed by atoms with Crippen molar-refractivity contribution < 1.29 is 33.6 Å². The Morgan fingerprint density at radius 2 is 0.958 bits per heavy atom. The van der Waals surface area contributed by atoms with E-state index in [2.05, 4.69) is 114 Å². The van der Waals surface area contributed by atoms with Crippen LogP contribution in [-0.4, -0.2) is 216 Å². The molecule has 1 atom stereocenters. The van der Waals surface area contributed by atoms with E-state index < -0.39 is 0 Å². The lowest BCUT2D eigenvalue weighted by molar-refractivity contribution is -0.116. The fraction of sp³-hybridized carbons (Fsp3) is 0.318. The average Bonchev–Trinajstić information content (AvgIpc) is 1.54. The zero-order valence-corrected chi connectivity index (χ0v) is 65.5. The van der Waals surface area contributed by atoms with E-state index in [9.17, 15) is 9.90 Å². The third kappa shape index (κ3) is 16.4. The van der Waals surface area contributed by atoms with E-state index in [1.807, 2.05) is 107 Å². The second-order valence-corrected chi connectivity index (χ2v) is 30.2. The minimum absolute atomic E-state index is 0.0526. The van der Waals surface area contributed by atoms with Gasteiger partial charge in [0.1, 0.15) is 68.9 Å². The summed E-state index contributed by atoms with van der Waals surface area (Å²) >= 11 is 0. The van der Waals surface area contributed by atoms with Crippen molar-refractivity contribution in [1.82, 2.24) is 93.0 Å². The van der Waals surface area contributed by atoms with Crippen molar-refractivity contribution in [3.63, 3.8) is 0 Å². The molecule has 1 saturated carbocycles. The number of benzene rings is 6. The van der Waals surface area contributed by atoms with Crippen molar-refractivity contribution >= 4 is 96.2 Å². The summed E-state index contributed by atoms with van der Waals surface area (Å²) in [4.78, 5) is 89.1. The van der Waals surface area contributed by atoms with Crippen LogP contribution in [0.1, 0.15) is 56.4 Å². The number of fused-ring (bicyclic) bond motifs is 6. The van der Waals surface area contributed by atoms with Gasteiger partial charge in [-0.1, -0.05) is 91.0 Å². The molecule has 6 aliphatic rings. The first kappa shape index (κ1) is 75.1. The number of aromatic hydroxyl groups is 1. The number of morpholine rings is 4. The maximum absolute atomic E-state index is 11.6. The van der Waals surface area contributed by atoms with Crippen LogP contribution in [0.3, 0.4) is 0 Å². The smallest absolute Gasteiger partial charge is 0.228 e. The van der Waals surface area contributed by atoms with E-state index in [-0.39, 0.29) is 17.8 Å². The van der Waals surface area contributed by atoms with Crippen molar-refractivity contribution in [1.29, 1.82) is 0 Å². The highest BCUT2D eigenvalue weighted by atomic mass is 16.5. The number of nitrogens with one attached hydrogen (secondary N) is 2.